The average Bonchev–Trinajstić information content (AvgIpc) is 2.90. The van der Waals surface area contributed by atoms with Crippen LogP contribution in [0, 0.1) is 5.82 Å². The van der Waals surface area contributed by atoms with E-state index in [0.717, 1.165) is 0 Å². The summed E-state index contributed by atoms with van der Waals surface area (Å²) in [7, 11) is 1.53. The van der Waals surface area contributed by atoms with E-state index in [-0.39, 0.29) is 17.4 Å². The van der Waals surface area contributed by atoms with E-state index < -0.39 is 0 Å². The summed E-state index contributed by atoms with van der Waals surface area (Å²) in [6, 6.07) is 6.31. The van der Waals surface area contributed by atoms with Gasteiger partial charge in [0.2, 0.25) is 0 Å². The molecule has 5 nitrogen and oxygen atoms in total. The van der Waals surface area contributed by atoms with Gasteiger partial charge in [0.1, 0.15) is 5.82 Å². The molecule has 19 heavy (non-hydrogen) atoms. The highest BCUT2D eigenvalue weighted by Gasteiger charge is 2.12. The van der Waals surface area contributed by atoms with Crippen LogP contribution in [0.2, 0.25) is 0 Å². The fraction of sp³-hybridized carbons (Fsp3) is 0.231. The van der Waals surface area contributed by atoms with Crippen LogP contribution in [0.4, 0.5) is 4.39 Å². The Kier molecular flexibility index (Phi) is 3.91. The summed E-state index contributed by atoms with van der Waals surface area (Å²) in [6.07, 6.45) is 2.04. The molecule has 1 amide bonds. The summed E-state index contributed by atoms with van der Waals surface area (Å²) in [5.74, 6) is -0.601. The molecule has 0 fully saturated rings. The van der Waals surface area contributed by atoms with Crippen LogP contribution in [-0.2, 0) is 6.42 Å². The summed E-state index contributed by atoms with van der Waals surface area (Å²) in [4.78, 5) is 11.5. The predicted molar refractivity (Wildman–Crippen MR) is 69.7 cm³/mol. The molecule has 0 spiro atoms. The van der Waals surface area contributed by atoms with E-state index in [0.29, 0.717) is 24.2 Å². The van der Waals surface area contributed by atoms with Crippen molar-refractivity contribution in [2.24, 2.45) is 5.73 Å². The van der Waals surface area contributed by atoms with Gasteiger partial charge in [-0.2, -0.15) is 5.10 Å². The Bertz CT molecular complexity index is 594. The Balaban J connectivity index is 2.44. The first-order chi connectivity index (χ1) is 9.17. The summed E-state index contributed by atoms with van der Waals surface area (Å²) >= 11 is 0. The van der Waals surface area contributed by atoms with Crippen LogP contribution in [0.3, 0.4) is 0 Å². The Labute approximate surface area is 110 Å². The maximum atomic E-state index is 13.8. The number of carbonyl (C=O) groups excluding carboxylic acids is 1. The molecule has 1 aromatic heterocycles. The van der Waals surface area contributed by atoms with Gasteiger partial charge in [-0.3, -0.25) is 4.79 Å². The van der Waals surface area contributed by atoms with Crippen LogP contribution in [0.5, 0.6) is 0 Å². The van der Waals surface area contributed by atoms with E-state index in [4.69, 9.17) is 5.73 Å². The molecular weight excluding hydrogens is 247 g/mol. The van der Waals surface area contributed by atoms with Crippen molar-refractivity contribution >= 4 is 5.91 Å². The number of carbonyl (C=O) groups is 1. The van der Waals surface area contributed by atoms with Crippen LogP contribution >= 0.6 is 0 Å². The maximum Gasteiger partial charge on any atom is 0.271 e. The van der Waals surface area contributed by atoms with Crippen molar-refractivity contribution in [3.8, 4) is 5.69 Å². The smallest absolute Gasteiger partial charge is 0.271 e. The first-order valence-corrected chi connectivity index (χ1v) is 5.93. The van der Waals surface area contributed by atoms with Crippen molar-refractivity contribution in [3.05, 3.63) is 47.5 Å². The van der Waals surface area contributed by atoms with Crippen molar-refractivity contribution in [2.45, 2.75) is 6.42 Å². The summed E-state index contributed by atoms with van der Waals surface area (Å²) in [5.41, 5.74) is 6.87. The monoisotopic (exact) mass is 262 g/mol. The molecule has 3 N–H and O–H groups in total. The zero-order valence-corrected chi connectivity index (χ0v) is 10.6. The van der Waals surface area contributed by atoms with Gasteiger partial charge >= 0.3 is 0 Å². The molecule has 0 saturated carbocycles. The lowest BCUT2D eigenvalue weighted by molar-refractivity contribution is 0.0957. The number of nitrogens with one attached hydrogen (secondary N) is 1. The Morgan fingerprint density at radius 2 is 2.26 bits per heavy atom. The molecule has 100 valence electrons. The molecule has 1 heterocycles. The number of benzene rings is 1. The third-order valence-corrected chi connectivity index (χ3v) is 2.78. The molecule has 0 aliphatic heterocycles. The topological polar surface area (TPSA) is 72.9 Å². The zero-order valence-electron chi connectivity index (χ0n) is 10.6. The second kappa shape index (κ2) is 5.62. The van der Waals surface area contributed by atoms with Gasteiger partial charge in [0.25, 0.3) is 5.91 Å². The van der Waals surface area contributed by atoms with Crippen molar-refractivity contribution in [1.82, 2.24) is 15.1 Å². The normalized spacial score (nSPS) is 10.5. The molecule has 0 aliphatic rings. The van der Waals surface area contributed by atoms with Gasteiger partial charge in [-0.05, 0) is 31.2 Å². The predicted octanol–water partition coefficient (Wildman–Crippen LogP) is 0.872. The fourth-order valence-corrected chi connectivity index (χ4v) is 1.86. The maximum absolute atomic E-state index is 13.8. The van der Waals surface area contributed by atoms with Gasteiger partial charge in [0.05, 0.1) is 5.69 Å². The van der Waals surface area contributed by atoms with E-state index in [1.807, 2.05) is 0 Å². The third kappa shape index (κ3) is 2.63. The Hall–Kier alpha value is -2.21. The molecule has 1 aromatic carbocycles. The minimum atomic E-state index is -0.319. The average molecular weight is 262 g/mol. The number of amides is 1. The van der Waals surface area contributed by atoms with Gasteiger partial charge in [-0.1, -0.05) is 6.07 Å². The fourth-order valence-electron chi connectivity index (χ4n) is 1.86. The summed E-state index contributed by atoms with van der Waals surface area (Å²) in [6.45, 7) is 0.345. The lowest BCUT2D eigenvalue weighted by atomic mass is 10.1. The molecule has 0 saturated heterocycles. The van der Waals surface area contributed by atoms with Crippen molar-refractivity contribution in [2.75, 3.05) is 13.6 Å². The largest absolute Gasteiger partial charge is 0.354 e. The quantitative estimate of drug-likeness (QED) is 0.858. The molecule has 0 bridgehead atoms. The van der Waals surface area contributed by atoms with Crippen LogP contribution in [0.25, 0.3) is 5.69 Å². The SMILES string of the molecule is CNC(=O)c1ccn(-c2cccc(F)c2CCN)n1. The second-order valence-corrected chi connectivity index (χ2v) is 4.00. The number of hydrogen-bond donors (Lipinski definition) is 2. The van der Waals surface area contributed by atoms with Crippen LogP contribution in [0.1, 0.15) is 16.1 Å². The van der Waals surface area contributed by atoms with E-state index in [2.05, 4.69) is 10.4 Å². The van der Waals surface area contributed by atoms with Crippen molar-refractivity contribution in [1.29, 1.82) is 0 Å². The minimum absolute atomic E-state index is 0.282. The first kappa shape index (κ1) is 13.2. The van der Waals surface area contributed by atoms with E-state index >= 15 is 0 Å². The minimum Gasteiger partial charge on any atom is -0.354 e. The third-order valence-electron chi connectivity index (χ3n) is 2.78. The highest BCUT2D eigenvalue weighted by Crippen LogP contribution is 2.18. The number of aromatic nitrogens is 2. The van der Waals surface area contributed by atoms with Gasteiger partial charge in [-0.15, -0.1) is 0 Å². The molecular formula is C13H15FN4O. The molecule has 0 aliphatic carbocycles. The van der Waals surface area contributed by atoms with Gasteiger partial charge in [0, 0.05) is 18.8 Å². The van der Waals surface area contributed by atoms with Crippen LogP contribution < -0.4 is 11.1 Å². The molecule has 2 rings (SSSR count). The molecule has 0 radical (unpaired) electrons. The van der Waals surface area contributed by atoms with E-state index in [1.54, 1.807) is 24.4 Å². The van der Waals surface area contributed by atoms with Crippen LogP contribution in [-0.4, -0.2) is 29.3 Å². The Morgan fingerprint density at radius 1 is 1.47 bits per heavy atom. The number of nitrogens with zero attached hydrogens (tertiary/aromatic N) is 2. The molecule has 6 heteroatoms. The second-order valence-electron chi connectivity index (χ2n) is 4.00. The Morgan fingerprint density at radius 3 is 2.95 bits per heavy atom. The number of hydrogen-bond acceptors (Lipinski definition) is 3. The zero-order chi connectivity index (χ0) is 13.8. The van der Waals surface area contributed by atoms with Gasteiger partial charge < -0.3 is 11.1 Å². The van der Waals surface area contributed by atoms with E-state index in [1.165, 1.54) is 17.8 Å². The lowest BCUT2D eigenvalue weighted by Gasteiger charge is -2.09. The number of nitrogens with two attached hydrogens (primary N) is 1. The summed E-state index contributed by atoms with van der Waals surface area (Å²) in [5, 5.41) is 6.62. The summed E-state index contributed by atoms with van der Waals surface area (Å²) < 4.78 is 15.3. The standard InChI is InChI=1S/C13H15FN4O/c1-16-13(19)11-6-8-18(17-11)12-4-2-3-10(14)9(12)5-7-15/h2-4,6,8H,5,7,15H2,1H3,(H,16,19). The van der Waals surface area contributed by atoms with Crippen molar-refractivity contribution < 1.29 is 9.18 Å². The van der Waals surface area contributed by atoms with Gasteiger partial charge in [0.15, 0.2) is 5.69 Å². The van der Waals surface area contributed by atoms with E-state index in [9.17, 15) is 9.18 Å². The number of halogens is 1. The molecule has 2 aromatic rings. The lowest BCUT2D eigenvalue weighted by Crippen LogP contribution is -2.18. The van der Waals surface area contributed by atoms with Gasteiger partial charge in [-0.25, -0.2) is 9.07 Å². The first-order valence-electron chi connectivity index (χ1n) is 5.93. The molecule has 0 atom stereocenters. The highest BCUT2D eigenvalue weighted by molar-refractivity contribution is 5.91. The molecule has 0 unspecified atom stereocenters. The highest BCUT2D eigenvalue weighted by atomic mass is 19.1. The van der Waals surface area contributed by atoms with Crippen molar-refractivity contribution in [3.63, 3.8) is 0 Å². The number of rotatable bonds is 4. The van der Waals surface area contributed by atoms with Crippen LogP contribution in [0.15, 0.2) is 30.5 Å².